The fourth-order valence-corrected chi connectivity index (χ4v) is 2.95. The van der Waals surface area contributed by atoms with Crippen molar-refractivity contribution in [3.05, 3.63) is 58.7 Å². The van der Waals surface area contributed by atoms with Gasteiger partial charge in [0.1, 0.15) is 5.75 Å². The summed E-state index contributed by atoms with van der Waals surface area (Å²) < 4.78 is 28.6. The Morgan fingerprint density at radius 3 is 2.36 bits per heavy atom. The van der Waals surface area contributed by atoms with Crippen LogP contribution in [-0.4, -0.2) is 26.3 Å². The summed E-state index contributed by atoms with van der Waals surface area (Å²) in [4.78, 5) is 24.4. The van der Waals surface area contributed by atoms with Gasteiger partial charge >= 0.3 is 0 Å². The van der Waals surface area contributed by atoms with Crippen LogP contribution in [-0.2, 0) is 14.8 Å². The third kappa shape index (κ3) is 5.08. The number of sulfonamides is 1. The molecule has 0 heterocycles. The van der Waals surface area contributed by atoms with Crippen molar-refractivity contribution >= 4 is 21.8 Å². The summed E-state index contributed by atoms with van der Waals surface area (Å²) in [5.74, 6) is -0.657. The molecule has 0 aliphatic rings. The van der Waals surface area contributed by atoms with Crippen molar-refractivity contribution in [1.82, 2.24) is 10.9 Å². The number of benzene rings is 2. The molecule has 8 nitrogen and oxygen atoms in total. The summed E-state index contributed by atoms with van der Waals surface area (Å²) in [7, 11) is -3.95. The summed E-state index contributed by atoms with van der Waals surface area (Å²) in [5, 5.41) is 5.09. The number of carbonyl (C=O) groups excluding carboxylic acids is 2. The largest absolute Gasteiger partial charge is 0.481 e. The molecule has 0 spiro atoms. The Labute approximate surface area is 164 Å². The number of ether oxygens (including phenoxy) is 1. The Morgan fingerprint density at radius 1 is 1.04 bits per heavy atom. The molecule has 0 saturated heterocycles. The van der Waals surface area contributed by atoms with Gasteiger partial charge in [-0.05, 0) is 62.6 Å². The SMILES string of the molecule is Cc1ccc(S(N)(=O)=O)cc1C(=O)NNC(=O)C(C)Oc1cccc(C)c1C. The van der Waals surface area contributed by atoms with Crippen LogP contribution in [0, 0.1) is 20.8 Å². The van der Waals surface area contributed by atoms with Crippen LogP contribution in [0.1, 0.15) is 34.0 Å². The van der Waals surface area contributed by atoms with Crippen molar-refractivity contribution in [2.45, 2.75) is 38.7 Å². The lowest BCUT2D eigenvalue weighted by molar-refractivity contribution is -0.128. The van der Waals surface area contributed by atoms with E-state index in [-0.39, 0.29) is 10.5 Å². The van der Waals surface area contributed by atoms with Crippen LogP contribution in [0.2, 0.25) is 0 Å². The van der Waals surface area contributed by atoms with Crippen LogP contribution in [0.3, 0.4) is 0 Å². The number of nitrogens with one attached hydrogen (secondary N) is 2. The first-order valence-electron chi connectivity index (χ1n) is 8.47. The third-order valence-electron chi connectivity index (χ3n) is 4.31. The van der Waals surface area contributed by atoms with Crippen molar-refractivity contribution in [1.29, 1.82) is 0 Å². The molecule has 2 aromatic carbocycles. The summed E-state index contributed by atoms with van der Waals surface area (Å²) in [6, 6.07) is 9.44. The number of hydrazine groups is 1. The number of hydrogen-bond acceptors (Lipinski definition) is 5. The smallest absolute Gasteiger partial charge is 0.279 e. The molecular formula is C19H23N3O5S. The van der Waals surface area contributed by atoms with E-state index in [4.69, 9.17) is 9.88 Å². The Kier molecular flexibility index (Phi) is 6.42. The van der Waals surface area contributed by atoms with E-state index in [1.165, 1.54) is 12.1 Å². The highest BCUT2D eigenvalue weighted by atomic mass is 32.2. The fourth-order valence-electron chi connectivity index (χ4n) is 2.41. The summed E-state index contributed by atoms with van der Waals surface area (Å²) in [5.41, 5.74) is 7.09. The maximum absolute atomic E-state index is 12.3. The van der Waals surface area contributed by atoms with E-state index in [0.717, 1.165) is 17.2 Å². The van der Waals surface area contributed by atoms with Gasteiger partial charge in [0.2, 0.25) is 10.0 Å². The van der Waals surface area contributed by atoms with Crippen molar-refractivity contribution in [3.63, 3.8) is 0 Å². The minimum atomic E-state index is -3.95. The van der Waals surface area contributed by atoms with E-state index in [1.54, 1.807) is 19.9 Å². The number of carbonyl (C=O) groups is 2. The molecule has 1 atom stereocenters. The Hall–Kier alpha value is -2.91. The molecule has 0 saturated carbocycles. The van der Waals surface area contributed by atoms with Crippen LogP contribution in [0.4, 0.5) is 0 Å². The van der Waals surface area contributed by atoms with E-state index in [1.807, 2.05) is 26.0 Å². The summed E-state index contributed by atoms with van der Waals surface area (Å²) >= 11 is 0. The van der Waals surface area contributed by atoms with Gasteiger partial charge in [-0.15, -0.1) is 0 Å². The van der Waals surface area contributed by atoms with Crippen LogP contribution in [0.25, 0.3) is 0 Å². The quantitative estimate of drug-likeness (QED) is 0.650. The minimum absolute atomic E-state index is 0.0786. The molecule has 2 aromatic rings. The number of amides is 2. The summed E-state index contributed by atoms with van der Waals surface area (Å²) in [6.45, 7) is 7.01. The fraction of sp³-hybridized carbons (Fsp3) is 0.263. The van der Waals surface area contributed by atoms with E-state index in [0.29, 0.717) is 11.3 Å². The lowest BCUT2D eigenvalue weighted by Crippen LogP contribution is -2.47. The average Bonchev–Trinajstić information content (AvgIpc) is 2.62. The molecule has 28 heavy (non-hydrogen) atoms. The maximum Gasteiger partial charge on any atom is 0.279 e. The molecule has 0 radical (unpaired) electrons. The lowest BCUT2D eigenvalue weighted by atomic mass is 10.1. The van der Waals surface area contributed by atoms with E-state index >= 15 is 0 Å². The lowest BCUT2D eigenvalue weighted by Gasteiger charge is -2.17. The maximum atomic E-state index is 12.3. The predicted molar refractivity (Wildman–Crippen MR) is 104 cm³/mol. The first-order chi connectivity index (χ1) is 13.0. The van der Waals surface area contributed by atoms with Gasteiger partial charge < -0.3 is 4.74 Å². The predicted octanol–water partition coefficient (Wildman–Crippen LogP) is 1.49. The van der Waals surface area contributed by atoms with E-state index in [2.05, 4.69) is 10.9 Å². The molecule has 9 heteroatoms. The molecule has 2 amide bonds. The molecule has 1 unspecified atom stereocenters. The van der Waals surface area contributed by atoms with Gasteiger partial charge in [-0.3, -0.25) is 20.4 Å². The zero-order valence-electron chi connectivity index (χ0n) is 16.1. The van der Waals surface area contributed by atoms with Crippen LogP contribution in [0.15, 0.2) is 41.3 Å². The number of nitrogens with two attached hydrogens (primary N) is 1. The normalized spacial score (nSPS) is 12.2. The number of aryl methyl sites for hydroxylation is 2. The number of primary sulfonamides is 1. The monoisotopic (exact) mass is 405 g/mol. The van der Waals surface area contributed by atoms with Crippen molar-refractivity contribution < 1.29 is 22.7 Å². The highest BCUT2D eigenvalue weighted by Gasteiger charge is 2.19. The first kappa shape index (κ1) is 21.4. The van der Waals surface area contributed by atoms with Gasteiger partial charge in [0, 0.05) is 5.56 Å². The molecular weight excluding hydrogens is 382 g/mol. The molecule has 4 N–H and O–H groups in total. The van der Waals surface area contributed by atoms with Gasteiger partial charge in [0.15, 0.2) is 6.10 Å². The Balaban J connectivity index is 2.04. The second kappa shape index (κ2) is 8.41. The van der Waals surface area contributed by atoms with Crippen molar-refractivity contribution in [3.8, 4) is 5.75 Å². The van der Waals surface area contributed by atoms with Crippen molar-refractivity contribution in [2.24, 2.45) is 5.14 Å². The number of rotatable bonds is 5. The standard InChI is InChI=1S/C19H23N3O5S/c1-11-6-5-7-17(13(11)3)27-14(4)18(23)21-22-19(24)16-10-15(28(20,25)26)9-8-12(16)2/h5-10,14H,1-4H3,(H,21,23)(H,22,24)(H2,20,25,26). The van der Waals surface area contributed by atoms with Gasteiger partial charge in [-0.2, -0.15) is 0 Å². The Bertz CT molecular complexity index is 1020. The molecule has 2 rings (SSSR count). The van der Waals surface area contributed by atoms with Crippen molar-refractivity contribution in [2.75, 3.05) is 0 Å². The molecule has 0 aliphatic heterocycles. The highest BCUT2D eigenvalue weighted by Crippen LogP contribution is 2.21. The minimum Gasteiger partial charge on any atom is -0.481 e. The van der Waals surface area contributed by atoms with E-state index in [9.17, 15) is 18.0 Å². The van der Waals surface area contributed by atoms with E-state index < -0.39 is 27.9 Å². The molecule has 0 aliphatic carbocycles. The number of hydrogen-bond donors (Lipinski definition) is 3. The van der Waals surface area contributed by atoms with Gasteiger partial charge in [0.05, 0.1) is 4.90 Å². The topological polar surface area (TPSA) is 128 Å². The van der Waals surface area contributed by atoms with Gasteiger partial charge in [-0.1, -0.05) is 18.2 Å². The highest BCUT2D eigenvalue weighted by molar-refractivity contribution is 7.89. The first-order valence-corrected chi connectivity index (χ1v) is 10.0. The second-order valence-corrected chi connectivity index (χ2v) is 7.98. The summed E-state index contributed by atoms with van der Waals surface area (Å²) in [6.07, 6.45) is -0.863. The molecule has 0 fully saturated rings. The second-order valence-electron chi connectivity index (χ2n) is 6.42. The van der Waals surface area contributed by atoms with Gasteiger partial charge in [-0.25, -0.2) is 13.6 Å². The van der Waals surface area contributed by atoms with Crippen LogP contribution in [0.5, 0.6) is 5.75 Å². The van der Waals surface area contributed by atoms with Crippen LogP contribution < -0.4 is 20.7 Å². The molecule has 0 bridgehead atoms. The van der Waals surface area contributed by atoms with Crippen LogP contribution >= 0.6 is 0 Å². The molecule has 150 valence electrons. The Morgan fingerprint density at radius 2 is 1.71 bits per heavy atom. The zero-order valence-corrected chi connectivity index (χ0v) is 16.9. The molecule has 0 aromatic heterocycles. The van der Waals surface area contributed by atoms with Gasteiger partial charge in [0.25, 0.3) is 11.8 Å². The zero-order chi connectivity index (χ0) is 21.1. The average molecular weight is 405 g/mol. The third-order valence-corrected chi connectivity index (χ3v) is 5.22.